The predicted octanol–water partition coefficient (Wildman–Crippen LogP) is 1.85. The molecule has 0 bridgehead atoms. The largest absolute Gasteiger partial charge is 0.341 e. The first-order chi connectivity index (χ1) is 12.9. The van der Waals surface area contributed by atoms with Crippen LogP contribution in [0.2, 0.25) is 0 Å². The molecule has 0 radical (unpaired) electrons. The Morgan fingerprint density at radius 3 is 1.59 bits per heavy atom. The van der Waals surface area contributed by atoms with Gasteiger partial charge in [0.1, 0.15) is 0 Å². The number of hydrogen-bond acceptors (Lipinski definition) is 4. The molecule has 2 amide bonds. The summed E-state index contributed by atoms with van der Waals surface area (Å²) in [5.74, 6) is 0.750. The third-order valence-corrected chi connectivity index (χ3v) is 7.41. The van der Waals surface area contributed by atoms with Gasteiger partial charge in [0.25, 0.3) is 0 Å². The van der Waals surface area contributed by atoms with Crippen LogP contribution < -0.4 is 10.6 Å². The molecule has 4 saturated heterocycles. The molecule has 2 spiro atoms. The fourth-order valence-corrected chi connectivity index (χ4v) is 5.31. The van der Waals surface area contributed by atoms with E-state index in [0.717, 1.165) is 58.4 Å². The summed E-state index contributed by atoms with van der Waals surface area (Å²) < 4.78 is 0. The Hall–Kier alpha value is -1.14. The van der Waals surface area contributed by atoms with Gasteiger partial charge in [-0.1, -0.05) is 13.8 Å². The zero-order chi connectivity index (χ0) is 20.2. The highest BCUT2D eigenvalue weighted by atomic mass is 16.2. The number of piperidine rings is 2. The minimum absolute atomic E-state index is 0.0139. The average molecular weight is 381 g/mol. The van der Waals surface area contributed by atoms with Crippen LogP contribution in [0.5, 0.6) is 0 Å². The first kappa shape index (κ1) is 22.2. The van der Waals surface area contributed by atoms with Crippen molar-refractivity contribution in [2.45, 2.75) is 72.4 Å². The van der Waals surface area contributed by atoms with Gasteiger partial charge in [-0.2, -0.15) is 0 Å². The summed E-state index contributed by atoms with van der Waals surface area (Å²) in [4.78, 5) is 27.4. The summed E-state index contributed by atoms with van der Waals surface area (Å²) in [7, 11) is 1.90. The van der Waals surface area contributed by atoms with Gasteiger partial charge in [-0.05, 0) is 72.6 Å². The van der Waals surface area contributed by atoms with Crippen LogP contribution in [0, 0.1) is 10.8 Å². The topological polar surface area (TPSA) is 64.7 Å². The van der Waals surface area contributed by atoms with E-state index < -0.39 is 0 Å². The lowest BCUT2D eigenvalue weighted by Crippen LogP contribution is -2.69. The van der Waals surface area contributed by atoms with Crippen LogP contribution in [-0.4, -0.2) is 73.5 Å². The molecule has 0 aromatic carbocycles. The van der Waals surface area contributed by atoms with Gasteiger partial charge in [0.15, 0.2) is 0 Å². The molecule has 2 atom stereocenters. The zero-order valence-electron chi connectivity index (χ0n) is 18.2. The molecule has 4 heterocycles. The minimum atomic E-state index is 0.0139. The molecule has 0 aromatic rings. The van der Waals surface area contributed by atoms with Crippen LogP contribution in [0.15, 0.2) is 0 Å². The Balaban J connectivity index is 0.000000178. The molecule has 6 heteroatoms. The van der Waals surface area contributed by atoms with Crippen LogP contribution in [0.25, 0.3) is 0 Å². The SMILES string of the molecule is CC.CC1N(C)C(=O)C12CCNCC2.CCN1C(=O)C2(CCNCC2)C1C. The maximum Gasteiger partial charge on any atom is 0.231 e. The van der Waals surface area contributed by atoms with E-state index in [0.29, 0.717) is 23.9 Å². The number of nitrogens with one attached hydrogen (secondary N) is 2. The number of β-lactam (4-membered cyclic amide) rings is 2. The van der Waals surface area contributed by atoms with Gasteiger partial charge in [0.05, 0.1) is 10.8 Å². The van der Waals surface area contributed by atoms with Crippen molar-refractivity contribution >= 4 is 11.8 Å². The van der Waals surface area contributed by atoms with Gasteiger partial charge in [0, 0.05) is 25.7 Å². The van der Waals surface area contributed by atoms with E-state index in [9.17, 15) is 9.59 Å². The van der Waals surface area contributed by atoms with E-state index in [-0.39, 0.29) is 10.8 Å². The van der Waals surface area contributed by atoms with Gasteiger partial charge in [-0.25, -0.2) is 0 Å². The van der Waals surface area contributed by atoms with Gasteiger partial charge in [-0.15, -0.1) is 0 Å². The highest BCUT2D eigenvalue weighted by molar-refractivity contribution is 5.90. The fraction of sp³-hybridized carbons (Fsp3) is 0.905. The second kappa shape index (κ2) is 8.91. The Bertz CT molecular complexity index is 524. The monoisotopic (exact) mass is 380 g/mol. The Kier molecular flexibility index (Phi) is 7.31. The zero-order valence-corrected chi connectivity index (χ0v) is 18.2. The van der Waals surface area contributed by atoms with Crippen molar-refractivity contribution in [3.8, 4) is 0 Å². The van der Waals surface area contributed by atoms with Gasteiger partial charge in [-0.3, -0.25) is 9.59 Å². The molecular weight excluding hydrogens is 340 g/mol. The van der Waals surface area contributed by atoms with Gasteiger partial charge < -0.3 is 20.4 Å². The second-order valence-electron chi connectivity index (χ2n) is 8.17. The standard InChI is InChI=1S/C10H18N2O.C9H16N2O.C2H6/c1-3-12-8(2)10(9(12)13)4-6-11-7-5-10;1-7-9(8(12)11(7)2)3-5-10-6-4-9;1-2/h8,11H,3-7H2,1-2H3;7,10H,3-6H2,1-2H3;1-2H3. The summed E-state index contributed by atoms with van der Waals surface area (Å²) >= 11 is 0. The van der Waals surface area contributed by atoms with Crippen LogP contribution >= 0.6 is 0 Å². The molecule has 4 aliphatic heterocycles. The van der Waals surface area contributed by atoms with Crippen LogP contribution in [-0.2, 0) is 9.59 Å². The lowest BCUT2D eigenvalue weighted by Gasteiger charge is -2.56. The summed E-state index contributed by atoms with van der Waals surface area (Å²) in [5.41, 5.74) is 0.0290. The summed E-state index contributed by atoms with van der Waals surface area (Å²) in [6.07, 6.45) is 4.11. The second-order valence-corrected chi connectivity index (χ2v) is 8.17. The predicted molar refractivity (Wildman–Crippen MR) is 110 cm³/mol. The highest BCUT2D eigenvalue weighted by Crippen LogP contribution is 2.46. The number of amides is 2. The molecule has 0 saturated carbocycles. The van der Waals surface area contributed by atoms with E-state index in [1.165, 1.54) is 0 Å². The maximum absolute atomic E-state index is 11.9. The Morgan fingerprint density at radius 1 is 0.852 bits per heavy atom. The van der Waals surface area contributed by atoms with Crippen molar-refractivity contribution in [1.82, 2.24) is 20.4 Å². The van der Waals surface area contributed by atoms with Crippen LogP contribution in [0.3, 0.4) is 0 Å². The van der Waals surface area contributed by atoms with Gasteiger partial charge >= 0.3 is 0 Å². The lowest BCUT2D eigenvalue weighted by atomic mass is 9.65. The van der Waals surface area contributed by atoms with E-state index in [2.05, 4.69) is 31.4 Å². The molecule has 156 valence electrons. The van der Waals surface area contributed by atoms with Crippen molar-refractivity contribution in [1.29, 1.82) is 0 Å². The molecule has 27 heavy (non-hydrogen) atoms. The van der Waals surface area contributed by atoms with E-state index in [4.69, 9.17) is 0 Å². The van der Waals surface area contributed by atoms with Crippen molar-refractivity contribution in [2.24, 2.45) is 10.8 Å². The quantitative estimate of drug-likeness (QED) is 0.682. The lowest BCUT2D eigenvalue weighted by molar-refractivity contribution is -0.173. The van der Waals surface area contributed by atoms with E-state index in [1.54, 1.807) is 0 Å². The number of carbonyl (C=O) groups is 2. The Morgan fingerprint density at radius 2 is 1.26 bits per heavy atom. The van der Waals surface area contributed by atoms with Gasteiger partial charge in [0.2, 0.25) is 11.8 Å². The third kappa shape index (κ3) is 3.51. The molecule has 2 N–H and O–H groups in total. The molecule has 6 nitrogen and oxygen atoms in total. The molecular formula is C21H40N4O2. The fourth-order valence-electron chi connectivity index (χ4n) is 5.31. The number of carbonyl (C=O) groups excluding carboxylic acids is 2. The number of rotatable bonds is 1. The molecule has 4 rings (SSSR count). The Labute approximate surface area is 165 Å². The molecule has 0 aliphatic carbocycles. The smallest absolute Gasteiger partial charge is 0.231 e. The van der Waals surface area contributed by atoms with Crippen LogP contribution in [0.4, 0.5) is 0 Å². The number of likely N-dealkylation sites (tertiary alicyclic amines) is 2. The van der Waals surface area contributed by atoms with Crippen molar-refractivity contribution in [3.05, 3.63) is 0 Å². The first-order valence-corrected chi connectivity index (χ1v) is 10.9. The summed E-state index contributed by atoms with van der Waals surface area (Å²) in [6, 6.07) is 0.916. The first-order valence-electron chi connectivity index (χ1n) is 10.9. The molecule has 4 aliphatic rings. The summed E-state index contributed by atoms with van der Waals surface area (Å²) in [5, 5.41) is 6.60. The average Bonchev–Trinajstić information content (AvgIpc) is 2.76. The number of nitrogens with zero attached hydrogens (tertiary/aromatic N) is 2. The van der Waals surface area contributed by atoms with Crippen molar-refractivity contribution in [2.75, 3.05) is 39.8 Å². The normalized spacial score (nSPS) is 30.6. The summed E-state index contributed by atoms with van der Waals surface area (Å²) in [6.45, 7) is 15.3. The van der Waals surface area contributed by atoms with Crippen molar-refractivity contribution in [3.63, 3.8) is 0 Å². The van der Waals surface area contributed by atoms with E-state index in [1.807, 2.05) is 30.7 Å². The van der Waals surface area contributed by atoms with E-state index >= 15 is 0 Å². The highest BCUT2D eigenvalue weighted by Gasteiger charge is 2.57. The minimum Gasteiger partial charge on any atom is -0.341 e. The number of hydrogen-bond donors (Lipinski definition) is 2. The van der Waals surface area contributed by atoms with Crippen LogP contribution in [0.1, 0.15) is 60.3 Å². The molecule has 4 fully saturated rings. The van der Waals surface area contributed by atoms with Crippen molar-refractivity contribution < 1.29 is 9.59 Å². The maximum atomic E-state index is 11.9. The third-order valence-electron chi connectivity index (χ3n) is 7.41. The molecule has 2 unspecified atom stereocenters. The molecule has 0 aromatic heterocycles.